The monoisotopic (exact) mass is 232 g/mol. The van der Waals surface area contributed by atoms with Gasteiger partial charge in [0, 0.05) is 32.2 Å². The van der Waals surface area contributed by atoms with E-state index in [0.29, 0.717) is 12.6 Å². The van der Waals surface area contributed by atoms with Crippen molar-refractivity contribution in [3.8, 4) is 0 Å². The summed E-state index contributed by atoms with van der Waals surface area (Å²) in [5.41, 5.74) is 2.34. The van der Waals surface area contributed by atoms with E-state index >= 15 is 0 Å². The maximum Gasteiger partial charge on any atom is 0.219 e. The highest BCUT2D eigenvalue weighted by Gasteiger charge is 2.16. The van der Waals surface area contributed by atoms with Crippen LogP contribution in [0.5, 0.6) is 0 Å². The summed E-state index contributed by atoms with van der Waals surface area (Å²) >= 11 is 0. The number of hydrogen-bond donors (Lipinski definition) is 1. The second kappa shape index (κ2) is 5.21. The zero-order valence-corrected chi connectivity index (χ0v) is 10.6. The lowest BCUT2D eigenvalue weighted by molar-refractivity contribution is -0.128. The Balaban J connectivity index is 1.97. The lowest BCUT2D eigenvalue weighted by atomic mass is 9.93. The van der Waals surface area contributed by atoms with Crippen LogP contribution < -0.4 is 5.32 Å². The molecule has 0 unspecified atom stereocenters. The van der Waals surface area contributed by atoms with Gasteiger partial charge in [0.2, 0.25) is 5.91 Å². The van der Waals surface area contributed by atoms with Crippen molar-refractivity contribution < 1.29 is 4.79 Å². The Morgan fingerprint density at radius 1 is 1.47 bits per heavy atom. The number of amides is 1. The van der Waals surface area contributed by atoms with E-state index in [1.807, 2.05) is 13.1 Å². The third-order valence-corrected chi connectivity index (χ3v) is 3.36. The van der Waals surface area contributed by atoms with Crippen LogP contribution in [0.2, 0.25) is 0 Å². The number of nitrogens with one attached hydrogen (secondary N) is 1. The van der Waals surface area contributed by atoms with Gasteiger partial charge in [0.15, 0.2) is 0 Å². The fraction of sp³-hybridized carbons (Fsp3) is 0.500. The van der Waals surface area contributed by atoms with Crippen LogP contribution in [0, 0.1) is 0 Å². The highest BCUT2D eigenvalue weighted by Crippen LogP contribution is 2.23. The van der Waals surface area contributed by atoms with E-state index in [-0.39, 0.29) is 5.91 Å². The van der Waals surface area contributed by atoms with Gasteiger partial charge in [0.25, 0.3) is 0 Å². The average Bonchev–Trinajstić information content (AvgIpc) is 2.24. The Morgan fingerprint density at radius 3 is 2.82 bits per heavy atom. The molecule has 92 valence electrons. The number of anilines is 1. The largest absolute Gasteiger partial charge is 0.382 e. The minimum absolute atomic E-state index is 0.0994. The number of nitrogens with zero attached hydrogens (tertiary/aromatic N) is 1. The molecule has 0 atom stereocenters. The molecule has 0 bridgehead atoms. The zero-order chi connectivity index (χ0) is 12.3. The van der Waals surface area contributed by atoms with Crippen molar-refractivity contribution in [3.63, 3.8) is 0 Å². The van der Waals surface area contributed by atoms with Crippen molar-refractivity contribution in [2.24, 2.45) is 0 Å². The summed E-state index contributed by atoms with van der Waals surface area (Å²) in [6.07, 6.45) is 3.89. The molecule has 0 heterocycles. The summed E-state index contributed by atoms with van der Waals surface area (Å²) in [7, 11) is 1.83. The molecule has 1 fully saturated rings. The summed E-state index contributed by atoms with van der Waals surface area (Å²) in [6.45, 7) is 2.27. The van der Waals surface area contributed by atoms with Gasteiger partial charge in [-0.25, -0.2) is 0 Å². The molecular weight excluding hydrogens is 212 g/mol. The fourth-order valence-electron chi connectivity index (χ4n) is 1.93. The van der Waals surface area contributed by atoms with Gasteiger partial charge in [-0.2, -0.15) is 0 Å². The number of benzene rings is 1. The van der Waals surface area contributed by atoms with E-state index in [4.69, 9.17) is 0 Å². The Labute approximate surface area is 103 Å². The molecule has 0 saturated heterocycles. The molecule has 0 radical (unpaired) electrons. The minimum atomic E-state index is 0.0994. The molecule has 1 N–H and O–H groups in total. The molecule has 3 nitrogen and oxygen atoms in total. The van der Waals surface area contributed by atoms with Crippen molar-refractivity contribution in [3.05, 3.63) is 29.8 Å². The minimum Gasteiger partial charge on any atom is -0.382 e. The maximum absolute atomic E-state index is 11.2. The molecule has 1 aliphatic rings. The number of rotatable bonds is 4. The zero-order valence-electron chi connectivity index (χ0n) is 10.6. The molecule has 2 rings (SSSR count). The predicted octanol–water partition coefficient (Wildman–Crippen LogP) is 2.63. The van der Waals surface area contributed by atoms with E-state index in [0.717, 1.165) is 0 Å². The van der Waals surface area contributed by atoms with E-state index in [9.17, 15) is 4.79 Å². The lowest BCUT2D eigenvalue weighted by Gasteiger charge is -2.27. The van der Waals surface area contributed by atoms with Crippen molar-refractivity contribution in [2.75, 3.05) is 12.4 Å². The summed E-state index contributed by atoms with van der Waals surface area (Å²) in [5, 5.41) is 3.52. The summed E-state index contributed by atoms with van der Waals surface area (Å²) in [6, 6.07) is 8.99. The maximum atomic E-state index is 11.2. The van der Waals surface area contributed by atoms with Gasteiger partial charge >= 0.3 is 0 Å². The Bertz CT molecular complexity index is 399. The fourth-order valence-corrected chi connectivity index (χ4v) is 1.93. The number of hydrogen-bond acceptors (Lipinski definition) is 2. The van der Waals surface area contributed by atoms with Crippen LogP contribution in [-0.2, 0) is 11.3 Å². The first kappa shape index (κ1) is 12.0. The molecule has 0 aliphatic heterocycles. The van der Waals surface area contributed by atoms with Crippen LogP contribution in [0.1, 0.15) is 31.7 Å². The second-order valence-corrected chi connectivity index (χ2v) is 4.85. The molecule has 0 aromatic heterocycles. The standard InChI is InChI=1S/C14H20N2O/c1-11(17)16(2)10-12-5-3-8-14(9-12)15-13-6-4-7-13/h3,5,8-9,13,15H,4,6-7,10H2,1-2H3. The first-order chi connectivity index (χ1) is 8.15. The van der Waals surface area contributed by atoms with Crippen molar-refractivity contribution in [1.29, 1.82) is 0 Å². The molecule has 0 spiro atoms. The van der Waals surface area contributed by atoms with Gasteiger partial charge in [0.05, 0.1) is 0 Å². The number of carbonyl (C=O) groups excluding carboxylic acids is 1. The SMILES string of the molecule is CC(=O)N(C)Cc1cccc(NC2CCC2)c1. The van der Waals surface area contributed by atoms with Gasteiger partial charge in [-0.05, 0) is 37.0 Å². The second-order valence-electron chi connectivity index (χ2n) is 4.85. The van der Waals surface area contributed by atoms with Gasteiger partial charge in [-0.1, -0.05) is 12.1 Å². The highest BCUT2D eigenvalue weighted by molar-refractivity contribution is 5.72. The van der Waals surface area contributed by atoms with E-state index in [1.54, 1.807) is 11.8 Å². The van der Waals surface area contributed by atoms with Crippen molar-refractivity contribution in [1.82, 2.24) is 4.90 Å². The molecular formula is C14H20N2O. The molecule has 1 saturated carbocycles. The molecule has 17 heavy (non-hydrogen) atoms. The first-order valence-electron chi connectivity index (χ1n) is 6.22. The first-order valence-corrected chi connectivity index (χ1v) is 6.22. The van der Waals surface area contributed by atoms with E-state index in [1.165, 1.54) is 30.5 Å². The average molecular weight is 232 g/mol. The smallest absolute Gasteiger partial charge is 0.219 e. The van der Waals surface area contributed by atoms with Gasteiger partial charge in [-0.15, -0.1) is 0 Å². The normalized spacial score (nSPS) is 15.2. The van der Waals surface area contributed by atoms with Crippen LogP contribution in [0.3, 0.4) is 0 Å². The van der Waals surface area contributed by atoms with Crippen LogP contribution in [0.25, 0.3) is 0 Å². The van der Waals surface area contributed by atoms with E-state index < -0.39 is 0 Å². The van der Waals surface area contributed by atoms with Crippen molar-refractivity contribution >= 4 is 11.6 Å². The van der Waals surface area contributed by atoms with E-state index in [2.05, 4.69) is 23.5 Å². The van der Waals surface area contributed by atoms with Gasteiger partial charge in [0.1, 0.15) is 0 Å². The summed E-state index contributed by atoms with van der Waals surface area (Å²) < 4.78 is 0. The molecule has 3 heteroatoms. The van der Waals surface area contributed by atoms with Crippen LogP contribution >= 0.6 is 0 Å². The van der Waals surface area contributed by atoms with Gasteiger partial charge < -0.3 is 10.2 Å². The Morgan fingerprint density at radius 2 is 2.24 bits per heavy atom. The van der Waals surface area contributed by atoms with Crippen molar-refractivity contribution in [2.45, 2.75) is 38.8 Å². The number of carbonyl (C=O) groups is 1. The Kier molecular flexibility index (Phi) is 3.67. The summed E-state index contributed by atoms with van der Waals surface area (Å²) in [4.78, 5) is 12.9. The lowest BCUT2D eigenvalue weighted by Crippen LogP contribution is -2.27. The van der Waals surface area contributed by atoms with Crippen LogP contribution in [-0.4, -0.2) is 23.9 Å². The quantitative estimate of drug-likeness (QED) is 0.865. The summed E-state index contributed by atoms with van der Waals surface area (Å²) in [5.74, 6) is 0.0994. The topological polar surface area (TPSA) is 32.3 Å². The Hall–Kier alpha value is -1.51. The third-order valence-electron chi connectivity index (χ3n) is 3.36. The third kappa shape index (κ3) is 3.22. The molecule has 1 amide bonds. The molecule has 1 aromatic rings. The van der Waals surface area contributed by atoms with Crippen LogP contribution in [0.15, 0.2) is 24.3 Å². The predicted molar refractivity (Wildman–Crippen MR) is 69.9 cm³/mol. The van der Waals surface area contributed by atoms with Gasteiger partial charge in [-0.3, -0.25) is 4.79 Å². The highest BCUT2D eigenvalue weighted by atomic mass is 16.2. The van der Waals surface area contributed by atoms with Crippen LogP contribution in [0.4, 0.5) is 5.69 Å². The molecule has 1 aliphatic carbocycles. The molecule has 1 aromatic carbocycles.